The van der Waals surface area contributed by atoms with E-state index in [9.17, 15) is 4.79 Å². The summed E-state index contributed by atoms with van der Waals surface area (Å²) in [5, 5.41) is 7.86. The number of rotatable bonds is 4. The zero-order valence-corrected chi connectivity index (χ0v) is 16.1. The van der Waals surface area contributed by atoms with Gasteiger partial charge in [0.1, 0.15) is 0 Å². The first-order valence-electron chi connectivity index (χ1n) is 9.69. The van der Waals surface area contributed by atoms with Gasteiger partial charge in [0, 0.05) is 37.8 Å². The Balaban J connectivity index is 1.42. The van der Waals surface area contributed by atoms with Crippen LogP contribution in [0.2, 0.25) is 0 Å². The third-order valence-electron chi connectivity index (χ3n) is 5.64. The first-order valence-corrected chi connectivity index (χ1v) is 9.69. The Morgan fingerprint density at radius 2 is 1.82 bits per heavy atom. The first kappa shape index (κ1) is 18.4. The minimum Gasteiger partial charge on any atom is -0.339 e. The van der Waals surface area contributed by atoms with Crippen molar-refractivity contribution in [2.24, 2.45) is 12.8 Å². The van der Waals surface area contributed by atoms with E-state index in [0.29, 0.717) is 12.5 Å². The third-order valence-corrected chi connectivity index (χ3v) is 5.64. The van der Waals surface area contributed by atoms with Crippen molar-refractivity contribution >= 4 is 5.91 Å². The van der Waals surface area contributed by atoms with Gasteiger partial charge in [-0.15, -0.1) is 5.10 Å². The third kappa shape index (κ3) is 3.55. The van der Waals surface area contributed by atoms with E-state index in [2.05, 4.69) is 28.5 Å². The molecule has 1 aliphatic rings. The Hall–Kier alpha value is -2.99. The zero-order valence-electron chi connectivity index (χ0n) is 16.1. The lowest BCUT2D eigenvalue weighted by molar-refractivity contribution is 0.0713. The molecule has 3 aromatic rings. The number of nitrogens with zero attached hydrogens (tertiary/aromatic N) is 4. The predicted octanol–water partition coefficient (Wildman–Crippen LogP) is 2.96. The van der Waals surface area contributed by atoms with Crippen LogP contribution in [0, 0.1) is 0 Å². The van der Waals surface area contributed by atoms with E-state index in [4.69, 9.17) is 5.73 Å². The average molecular weight is 375 g/mol. The van der Waals surface area contributed by atoms with Gasteiger partial charge in [-0.2, -0.15) is 0 Å². The van der Waals surface area contributed by atoms with Crippen LogP contribution in [0.25, 0.3) is 11.3 Å². The summed E-state index contributed by atoms with van der Waals surface area (Å²) in [5.41, 5.74) is 11.1. The van der Waals surface area contributed by atoms with E-state index >= 15 is 0 Å². The summed E-state index contributed by atoms with van der Waals surface area (Å²) in [5.74, 6) is 0.573. The number of benzene rings is 2. The fourth-order valence-corrected chi connectivity index (χ4v) is 4.03. The molecule has 4 rings (SSSR count). The van der Waals surface area contributed by atoms with Gasteiger partial charge in [-0.25, -0.2) is 4.68 Å². The summed E-state index contributed by atoms with van der Waals surface area (Å²) in [6.45, 7) is 2.11. The van der Waals surface area contributed by atoms with Gasteiger partial charge >= 0.3 is 0 Å². The molecule has 2 N–H and O–H groups in total. The molecule has 0 spiro atoms. The SMILES string of the molecule is Cn1nncc1-c1ccc(C(=O)N2CCC(c3ccccc3CN)CC2)cc1. The highest BCUT2D eigenvalue weighted by Gasteiger charge is 2.25. The highest BCUT2D eigenvalue weighted by atomic mass is 16.2. The second kappa shape index (κ2) is 7.94. The average Bonchev–Trinajstić information content (AvgIpc) is 3.19. The molecule has 1 fully saturated rings. The van der Waals surface area contributed by atoms with Gasteiger partial charge in [0.2, 0.25) is 0 Å². The van der Waals surface area contributed by atoms with E-state index < -0.39 is 0 Å². The van der Waals surface area contributed by atoms with Crippen molar-refractivity contribution in [3.05, 3.63) is 71.4 Å². The van der Waals surface area contributed by atoms with Crippen LogP contribution >= 0.6 is 0 Å². The molecule has 0 bridgehead atoms. The van der Waals surface area contributed by atoms with Crippen LogP contribution in [0.1, 0.15) is 40.2 Å². The van der Waals surface area contributed by atoms with Crippen molar-refractivity contribution in [3.8, 4) is 11.3 Å². The highest BCUT2D eigenvalue weighted by molar-refractivity contribution is 5.94. The Bertz CT molecular complexity index is 955. The number of carbonyl (C=O) groups is 1. The van der Waals surface area contributed by atoms with Crippen LogP contribution in [0.4, 0.5) is 0 Å². The molecule has 0 atom stereocenters. The summed E-state index contributed by atoms with van der Waals surface area (Å²) in [6.07, 6.45) is 3.67. The maximum Gasteiger partial charge on any atom is 0.253 e. The Morgan fingerprint density at radius 1 is 1.11 bits per heavy atom. The van der Waals surface area contributed by atoms with E-state index in [1.165, 1.54) is 11.1 Å². The van der Waals surface area contributed by atoms with Gasteiger partial charge in [0.25, 0.3) is 5.91 Å². The zero-order chi connectivity index (χ0) is 19.5. The monoisotopic (exact) mass is 375 g/mol. The van der Waals surface area contributed by atoms with Crippen molar-refractivity contribution in [2.45, 2.75) is 25.3 Å². The smallest absolute Gasteiger partial charge is 0.253 e. The summed E-state index contributed by atoms with van der Waals surface area (Å²) in [7, 11) is 1.86. The molecule has 2 aromatic carbocycles. The van der Waals surface area contributed by atoms with Crippen LogP contribution < -0.4 is 5.73 Å². The van der Waals surface area contributed by atoms with Crippen molar-refractivity contribution in [1.82, 2.24) is 19.9 Å². The highest BCUT2D eigenvalue weighted by Crippen LogP contribution is 2.31. The van der Waals surface area contributed by atoms with Crippen molar-refractivity contribution < 1.29 is 4.79 Å². The molecule has 1 aromatic heterocycles. The number of likely N-dealkylation sites (tertiary alicyclic amines) is 1. The van der Waals surface area contributed by atoms with Crippen LogP contribution in [0.5, 0.6) is 0 Å². The molecule has 6 nitrogen and oxygen atoms in total. The van der Waals surface area contributed by atoms with E-state index in [1.807, 2.05) is 42.3 Å². The van der Waals surface area contributed by atoms with Crippen LogP contribution in [0.15, 0.2) is 54.7 Å². The Kier molecular flexibility index (Phi) is 5.21. The topological polar surface area (TPSA) is 77.0 Å². The Labute approximate surface area is 165 Å². The van der Waals surface area contributed by atoms with Crippen molar-refractivity contribution in [3.63, 3.8) is 0 Å². The van der Waals surface area contributed by atoms with E-state index in [-0.39, 0.29) is 5.91 Å². The molecule has 0 unspecified atom stereocenters. The number of piperidine rings is 1. The number of hydrogen-bond donors (Lipinski definition) is 1. The van der Waals surface area contributed by atoms with Gasteiger partial charge < -0.3 is 10.6 Å². The van der Waals surface area contributed by atoms with Gasteiger partial charge in [-0.3, -0.25) is 4.79 Å². The lowest BCUT2D eigenvalue weighted by Gasteiger charge is -2.33. The molecular formula is C22H25N5O. The number of nitrogens with two attached hydrogens (primary N) is 1. The van der Waals surface area contributed by atoms with Gasteiger partial charge in [-0.05, 0) is 42.0 Å². The molecule has 0 radical (unpaired) electrons. The quantitative estimate of drug-likeness (QED) is 0.761. The maximum absolute atomic E-state index is 12.9. The van der Waals surface area contributed by atoms with E-state index in [1.54, 1.807) is 10.9 Å². The summed E-state index contributed by atoms with van der Waals surface area (Å²) in [4.78, 5) is 14.9. The largest absolute Gasteiger partial charge is 0.339 e. The number of amides is 1. The fourth-order valence-electron chi connectivity index (χ4n) is 4.03. The number of aryl methyl sites for hydroxylation is 1. The summed E-state index contributed by atoms with van der Waals surface area (Å²) >= 11 is 0. The first-order chi connectivity index (χ1) is 13.7. The van der Waals surface area contributed by atoms with Gasteiger partial charge in [-0.1, -0.05) is 41.6 Å². The molecule has 1 aliphatic heterocycles. The standard InChI is InChI=1S/C22H25N5O/c1-26-21(15-24-25-26)17-6-8-18(9-7-17)22(28)27-12-10-16(11-13-27)20-5-3-2-4-19(20)14-23/h2-9,15-16H,10-14,23H2,1H3. The number of hydrogen-bond acceptors (Lipinski definition) is 4. The van der Waals surface area contributed by atoms with Crippen molar-refractivity contribution in [1.29, 1.82) is 0 Å². The van der Waals surface area contributed by atoms with E-state index in [0.717, 1.165) is 42.8 Å². The summed E-state index contributed by atoms with van der Waals surface area (Å²) < 4.78 is 1.72. The molecule has 0 aliphatic carbocycles. The second-order valence-electron chi connectivity index (χ2n) is 7.29. The lowest BCUT2D eigenvalue weighted by atomic mass is 9.86. The number of aromatic nitrogens is 3. The predicted molar refractivity (Wildman–Crippen MR) is 109 cm³/mol. The molecular weight excluding hydrogens is 350 g/mol. The maximum atomic E-state index is 12.9. The minimum absolute atomic E-state index is 0.0974. The van der Waals surface area contributed by atoms with Crippen LogP contribution in [0.3, 0.4) is 0 Å². The van der Waals surface area contributed by atoms with Crippen molar-refractivity contribution in [2.75, 3.05) is 13.1 Å². The fraction of sp³-hybridized carbons (Fsp3) is 0.318. The Morgan fingerprint density at radius 3 is 2.46 bits per heavy atom. The molecule has 6 heteroatoms. The van der Waals surface area contributed by atoms with Crippen LogP contribution in [-0.4, -0.2) is 38.9 Å². The molecule has 144 valence electrons. The molecule has 28 heavy (non-hydrogen) atoms. The summed E-state index contributed by atoms with van der Waals surface area (Å²) in [6, 6.07) is 16.1. The van der Waals surface area contributed by atoms with Gasteiger partial charge in [0.05, 0.1) is 11.9 Å². The lowest BCUT2D eigenvalue weighted by Crippen LogP contribution is -2.38. The normalized spacial score (nSPS) is 15.0. The van der Waals surface area contributed by atoms with Crippen LogP contribution in [-0.2, 0) is 13.6 Å². The molecule has 0 saturated carbocycles. The minimum atomic E-state index is 0.0974. The molecule has 2 heterocycles. The molecule has 1 saturated heterocycles. The second-order valence-corrected chi connectivity index (χ2v) is 7.29. The molecule has 1 amide bonds. The van der Waals surface area contributed by atoms with Gasteiger partial charge in [0.15, 0.2) is 0 Å². The number of carbonyl (C=O) groups excluding carboxylic acids is 1.